The van der Waals surface area contributed by atoms with Crippen LogP contribution in [-0.2, 0) is 9.53 Å². The maximum atomic E-state index is 12.6. The van der Waals surface area contributed by atoms with Crippen molar-refractivity contribution >= 4 is 46.5 Å². The van der Waals surface area contributed by atoms with Gasteiger partial charge in [0.05, 0.1) is 22.9 Å². The van der Waals surface area contributed by atoms with E-state index in [0.717, 1.165) is 19.3 Å². The Morgan fingerprint density at radius 1 is 0.707 bits per heavy atom. The summed E-state index contributed by atoms with van der Waals surface area (Å²) >= 11 is 12.3. The van der Waals surface area contributed by atoms with E-state index in [-0.39, 0.29) is 16.3 Å². The van der Waals surface area contributed by atoms with Crippen LogP contribution in [-0.4, -0.2) is 29.6 Å². The summed E-state index contributed by atoms with van der Waals surface area (Å²) in [6.07, 6.45) is 20.6. The van der Waals surface area contributed by atoms with Crippen LogP contribution in [0.15, 0.2) is 48.5 Å². The molecule has 41 heavy (non-hydrogen) atoms. The Kier molecular flexibility index (Phi) is 18.1. The van der Waals surface area contributed by atoms with Gasteiger partial charge in [0, 0.05) is 5.56 Å². The molecule has 1 N–H and O–H groups in total. The Hall–Kier alpha value is -2.37. The lowest BCUT2D eigenvalue weighted by atomic mass is 10.0. The number of alkyl halides is 1. The van der Waals surface area contributed by atoms with Gasteiger partial charge < -0.3 is 10.1 Å². The van der Waals surface area contributed by atoms with Crippen LogP contribution in [0.4, 0.5) is 5.69 Å². The van der Waals surface area contributed by atoms with Gasteiger partial charge in [0.2, 0.25) is 5.91 Å². The molecule has 0 fully saturated rings. The number of esters is 1. The van der Waals surface area contributed by atoms with Crippen molar-refractivity contribution in [2.24, 2.45) is 0 Å². The third kappa shape index (κ3) is 14.4. The lowest BCUT2D eigenvalue weighted by Gasteiger charge is -2.12. The topological polar surface area (TPSA) is 72.5 Å². The molecule has 2 rings (SSSR count). The molecular weight excluding hydrogens is 557 g/mol. The van der Waals surface area contributed by atoms with Crippen molar-refractivity contribution in [1.29, 1.82) is 0 Å². The first kappa shape index (κ1) is 34.8. The van der Waals surface area contributed by atoms with Gasteiger partial charge in [0.25, 0.3) is 0 Å². The van der Waals surface area contributed by atoms with Gasteiger partial charge in [0.15, 0.2) is 11.2 Å². The van der Waals surface area contributed by atoms with Crippen molar-refractivity contribution in [3.63, 3.8) is 0 Å². The maximum absolute atomic E-state index is 12.6. The molecule has 7 heteroatoms. The van der Waals surface area contributed by atoms with Crippen LogP contribution in [0, 0.1) is 0 Å². The number of halogens is 2. The molecular formula is C34H47Cl2NO4. The van der Waals surface area contributed by atoms with Crippen molar-refractivity contribution in [3.05, 3.63) is 64.7 Å². The normalized spacial score (nSPS) is 11.7. The summed E-state index contributed by atoms with van der Waals surface area (Å²) in [4.78, 5) is 37.6. The van der Waals surface area contributed by atoms with Gasteiger partial charge in [-0.15, -0.1) is 11.6 Å². The lowest BCUT2D eigenvalue weighted by Crippen LogP contribution is -2.30. The van der Waals surface area contributed by atoms with Crippen LogP contribution in [0.25, 0.3) is 0 Å². The highest BCUT2D eigenvalue weighted by atomic mass is 35.5. The molecule has 2 aromatic carbocycles. The smallest absolute Gasteiger partial charge is 0.338 e. The number of carbonyl (C=O) groups excluding carboxylic acids is 3. The van der Waals surface area contributed by atoms with E-state index in [1.165, 1.54) is 95.6 Å². The number of amides is 1. The zero-order valence-electron chi connectivity index (χ0n) is 24.6. The molecule has 1 amide bonds. The second-order valence-electron chi connectivity index (χ2n) is 10.7. The highest BCUT2D eigenvalue weighted by Gasteiger charge is 2.26. The first-order chi connectivity index (χ1) is 19.9. The molecule has 0 aliphatic heterocycles. The summed E-state index contributed by atoms with van der Waals surface area (Å²) in [5.74, 6) is -1.72. The number of unbranched alkanes of at least 4 members (excludes halogenated alkanes) is 15. The summed E-state index contributed by atoms with van der Waals surface area (Å²) in [7, 11) is 0. The van der Waals surface area contributed by atoms with Crippen LogP contribution < -0.4 is 5.32 Å². The number of carbonyl (C=O) groups is 3. The van der Waals surface area contributed by atoms with Crippen LogP contribution in [0.5, 0.6) is 0 Å². The van der Waals surface area contributed by atoms with Crippen molar-refractivity contribution in [2.45, 2.75) is 115 Å². The van der Waals surface area contributed by atoms with Gasteiger partial charge in [-0.3, -0.25) is 9.59 Å². The van der Waals surface area contributed by atoms with E-state index in [9.17, 15) is 14.4 Å². The first-order valence-electron chi connectivity index (χ1n) is 15.4. The predicted molar refractivity (Wildman–Crippen MR) is 170 cm³/mol. The highest BCUT2D eigenvalue weighted by molar-refractivity contribution is 6.46. The van der Waals surface area contributed by atoms with E-state index < -0.39 is 23.0 Å². The first-order valence-corrected chi connectivity index (χ1v) is 16.3. The Bertz CT molecular complexity index is 1040. The lowest BCUT2D eigenvalue weighted by molar-refractivity contribution is -0.115. The Balaban J connectivity index is 1.57. The average Bonchev–Trinajstić information content (AvgIpc) is 2.99. The van der Waals surface area contributed by atoms with E-state index in [1.807, 2.05) is 0 Å². The van der Waals surface area contributed by atoms with Gasteiger partial charge in [-0.05, 0) is 24.6 Å². The molecule has 0 spiro atoms. The highest BCUT2D eigenvalue weighted by Crippen LogP contribution is 2.25. The summed E-state index contributed by atoms with van der Waals surface area (Å²) < 4.78 is 5.42. The molecule has 0 saturated heterocycles. The SMILES string of the molecule is CCCCCCCCCCCCCCCCCCOC(=O)c1ccc(Cl)c(NC(=O)C(Cl)C(=O)c2ccccc2)c1. The van der Waals surface area contributed by atoms with E-state index in [2.05, 4.69) is 12.2 Å². The minimum atomic E-state index is -1.43. The fourth-order valence-electron chi connectivity index (χ4n) is 4.71. The predicted octanol–water partition coefficient (Wildman–Crippen LogP) is 10.2. The number of ketones is 1. The van der Waals surface area contributed by atoms with Gasteiger partial charge >= 0.3 is 5.97 Å². The second-order valence-corrected chi connectivity index (χ2v) is 11.6. The van der Waals surface area contributed by atoms with E-state index in [1.54, 1.807) is 36.4 Å². The number of rotatable bonds is 22. The monoisotopic (exact) mass is 603 g/mol. The summed E-state index contributed by atoms with van der Waals surface area (Å²) in [5.41, 5.74) is 0.793. The van der Waals surface area contributed by atoms with Crippen molar-refractivity contribution in [1.82, 2.24) is 0 Å². The van der Waals surface area contributed by atoms with Crippen LogP contribution in [0.2, 0.25) is 5.02 Å². The van der Waals surface area contributed by atoms with Gasteiger partial charge in [-0.25, -0.2) is 4.79 Å². The van der Waals surface area contributed by atoms with Crippen molar-refractivity contribution in [2.75, 3.05) is 11.9 Å². The molecule has 1 unspecified atom stereocenters. The average molecular weight is 605 g/mol. The summed E-state index contributed by atoms with van der Waals surface area (Å²) in [6.45, 7) is 2.61. The number of anilines is 1. The van der Waals surface area contributed by atoms with Gasteiger partial charge in [0.1, 0.15) is 0 Å². The molecule has 0 aliphatic carbocycles. The van der Waals surface area contributed by atoms with Crippen molar-refractivity contribution < 1.29 is 19.1 Å². The maximum Gasteiger partial charge on any atom is 0.338 e. The zero-order valence-corrected chi connectivity index (χ0v) is 26.1. The standard InChI is InChI=1S/C34H47Cl2NO4/c1-2-3-4-5-6-7-8-9-10-11-12-13-14-15-16-20-25-41-34(40)28-23-24-29(35)30(26-28)37-33(39)31(36)32(38)27-21-18-17-19-22-27/h17-19,21-24,26,31H,2-16,20,25H2,1H3,(H,37,39). The van der Waals surface area contributed by atoms with Crippen LogP contribution in [0.1, 0.15) is 130 Å². The molecule has 0 heterocycles. The number of hydrogen-bond donors (Lipinski definition) is 1. The quantitative estimate of drug-likeness (QED) is 0.0477. The van der Waals surface area contributed by atoms with E-state index in [4.69, 9.17) is 27.9 Å². The van der Waals surface area contributed by atoms with Gasteiger partial charge in [-0.2, -0.15) is 0 Å². The number of nitrogens with one attached hydrogen (secondary N) is 1. The molecule has 5 nitrogen and oxygen atoms in total. The summed E-state index contributed by atoms with van der Waals surface area (Å²) in [6, 6.07) is 12.8. The Morgan fingerprint density at radius 3 is 1.76 bits per heavy atom. The fourth-order valence-corrected chi connectivity index (χ4v) is 5.06. The molecule has 1 atom stereocenters. The number of Topliss-reactive ketones (excluding diaryl/α,β-unsaturated/α-hetero) is 1. The molecule has 0 aliphatic rings. The minimum Gasteiger partial charge on any atom is -0.462 e. The molecule has 2 aromatic rings. The minimum absolute atomic E-state index is 0.194. The number of ether oxygens (including phenoxy) is 1. The van der Waals surface area contributed by atoms with E-state index >= 15 is 0 Å². The third-order valence-corrected chi connectivity index (χ3v) is 7.94. The largest absolute Gasteiger partial charge is 0.462 e. The van der Waals surface area contributed by atoms with Crippen molar-refractivity contribution in [3.8, 4) is 0 Å². The van der Waals surface area contributed by atoms with Crippen LogP contribution in [0.3, 0.4) is 0 Å². The molecule has 226 valence electrons. The van der Waals surface area contributed by atoms with E-state index in [0.29, 0.717) is 12.2 Å². The fraction of sp³-hybridized carbons (Fsp3) is 0.559. The molecule has 0 aromatic heterocycles. The van der Waals surface area contributed by atoms with Crippen LogP contribution >= 0.6 is 23.2 Å². The summed E-state index contributed by atoms with van der Waals surface area (Å²) in [5, 5.41) is 1.34. The molecule has 0 radical (unpaired) electrons. The number of hydrogen-bond acceptors (Lipinski definition) is 4. The Labute approximate surface area is 256 Å². The Morgan fingerprint density at radius 2 is 1.22 bits per heavy atom. The molecule has 0 saturated carbocycles. The zero-order chi connectivity index (χ0) is 29.7. The second kappa shape index (κ2) is 21.4. The number of benzene rings is 2. The van der Waals surface area contributed by atoms with Gasteiger partial charge in [-0.1, -0.05) is 145 Å². The third-order valence-electron chi connectivity index (χ3n) is 7.21. The molecule has 0 bridgehead atoms.